The SMILES string of the molecule is C=C(NC(=NCc1c(Cl)cccc1Cl)c1ccccc1N)c1cc(F)ccc1NCCC. The molecule has 4 N–H and O–H groups in total. The van der Waals surface area contributed by atoms with E-state index in [1.165, 1.54) is 12.1 Å². The van der Waals surface area contributed by atoms with Gasteiger partial charge in [-0.3, -0.25) is 4.99 Å². The number of anilines is 2. The van der Waals surface area contributed by atoms with Gasteiger partial charge in [0.1, 0.15) is 11.7 Å². The molecule has 32 heavy (non-hydrogen) atoms. The molecule has 0 aliphatic rings. The molecular weight excluding hydrogens is 446 g/mol. The maximum atomic E-state index is 14.0. The molecule has 0 aliphatic carbocycles. The monoisotopic (exact) mass is 470 g/mol. The lowest BCUT2D eigenvalue weighted by atomic mass is 10.1. The number of nitrogens with two attached hydrogens (primary N) is 1. The van der Waals surface area contributed by atoms with E-state index >= 15 is 0 Å². The summed E-state index contributed by atoms with van der Waals surface area (Å²) < 4.78 is 14.0. The summed E-state index contributed by atoms with van der Waals surface area (Å²) in [6.07, 6.45) is 0.933. The van der Waals surface area contributed by atoms with E-state index < -0.39 is 0 Å². The second-order valence-corrected chi connectivity index (χ2v) is 7.99. The van der Waals surface area contributed by atoms with Gasteiger partial charge in [-0.2, -0.15) is 0 Å². The zero-order chi connectivity index (χ0) is 23.1. The highest BCUT2D eigenvalue weighted by atomic mass is 35.5. The Kier molecular flexibility index (Phi) is 8.14. The van der Waals surface area contributed by atoms with Gasteiger partial charge >= 0.3 is 0 Å². The largest absolute Gasteiger partial charge is 0.398 e. The zero-order valence-electron chi connectivity index (χ0n) is 17.8. The number of hydrogen-bond acceptors (Lipinski definition) is 3. The first-order valence-corrected chi connectivity index (χ1v) is 11.0. The van der Waals surface area contributed by atoms with Crippen LogP contribution in [0.1, 0.15) is 30.0 Å². The molecule has 166 valence electrons. The molecule has 7 heteroatoms. The second kappa shape index (κ2) is 11.0. The number of aliphatic imine (C=N–C) groups is 1. The Labute approximate surface area is 198 Å². The standard InChI is InChI=1S/C25H25Cl2FN4/c1-3-13-30-24-12-11-17(28)14-19(24)16(2)32-25(18-7-4-5-10-23(18)29)31-15-20-21(26)8-6-9-22(20)27/h4-12,14,30H,2-3,13,15,29H2,1H3,(H,31,32). The minimum Gasteiger partial charge on any atom is -0.398 e. The predicted molar refractivity (Wildman–Crippen MR) is 135 cm³/mol. The fourth-order valence-corrected chi connectivity index (χ4v) is 3.65. The van der Waals surface area contributed by atoms with Crippen molar-refractivity contribution >= 4 is 46.1 Å². The predicted octanol–water partition coefficient (Wildman–Crippen LogP) is 6.74. The minimum absolute atomic E-state index is 0.229. The third-order valence-corrected chi connectivity index (χ3v) is 5.52. The summed E-state index contributed by atoms with van der Waals surface area (Å²) in [6, 6.07) is 17.2. The van der Waals surface area contributed by atoms with E-state index in [0.717, 1.165) is 18.7 Å². The normalized spacial score (nSPS) is 11.3. The van der Waals surface area contributed by atoms with E-state index in [1.54, 1.807) is 30.3 Å². The summed E-state index contributed by atoms with van der Waals surface area (Å²) >= 11 is 12.6. The Balaban J connectivity index is 1.98. The lowest BCUT2D eigenvalue weighted by Gasteiger charge is -2.18. The number of benzene rings is 3. The molecule has 0 fully saturated rings. The third-order valence-electron chi connectivity index (χ3n) is 4.81. The molecule has 0 atom stereocenters. The van der Waals surface area contributed by atoms with Crippen LogP contribution in [0.4, 0.5) is 15.8 Å². The molecule has 0 saturated heterocycles. The van der Waals surface area contributed by atoms with Gasteiger partial charge < -0.3 is 16.4 Å². The Hall–Kier alpha value is -3.02. The number of amidine groups is 1. The molecule has 0 bridgehead atoms. The summed E-state index contributed by atoms with van der Waals surface area (Å²) in [5.74, 6) is 0.125. The zero-order valence-corrected chi connectivity index (χ0v) is 19.3. The van der Waals surface area contributed by atoms with E-state index in [1.807, 2.05) is 18.2 Å². The first kappa shape index (κ1) is 23.6. The van der Waals surface area contributed by atoms with Crippen LogP contribution in [0, 0.1) is 5.82 Å². The van der Waals surface area contributed by atoms with Crippen molar-refractivity contribution in [1.29, 1.82) is 0 Å². The van der Waals surface area contributed by atoms with Crippen molar-refractivity contribution in [2.75, 3.05) is 17.6 Å². The minimum atomic E-state index is -0.356. The van der Waals surface area contributed by atoms with Gasteiger partial charge in [-0.15, -0.1) is 0 Å². The van der Waals surface area contributed by atoms with Crippen molar-refractivity contribution in [2.24, 2.45) is 4.99 Å². The van der Waals surface area contributed by atoms with Gasteiger partial charge in [-0.05, 0) is 48.9 Å². The van der Waals surface area contributed by atoms with Gasteiger partial charge in [-0.1, -0.05) is 54.9 Å². The molecule has 0 saturated carbocycles. The van der Waals surface area contributed by atoms with E-state index in [4.69, 9.17) is 33.9 Å². The molecule has 0 amide bonds. The van der Waals surface area contributed by atoms with Crippen molar-refractivity contribution in [3.8, 4) is 0 Å². The van der Waals surface area contributed by atoms with Gasteiger partial charge in [0.2, 0.25) is 0 Å². The van der Waals surface area contributed by atoms with Crippen molar-refractivity contribution < 1.29 is 4.39 Å². The molecule has 0 heterocycles. The number of rotatable bonds is 8. The fraction of sp³-hybridized carbons (Fsp3) is 0.160. The summed E-state index contributed by atoms with van der Waals surface area (Å²) in [5.41, 5.74) is 10.0. The molecule has 3 aromatic rings. The van der Waals surface area contributed by atoms with Crippen LogP contribution in [-0.4, -0.2) is 12.4 Å². The van der Waals surface area contributed by atoms with Gasteiger partial charge in [-0.25, -0.2) is 4.39 Å². The van der Waals surface area contributed by atoms with Crippen LogP contribution in [-0.2, 0) is 6.54 Å². The second-order valence-electron chi connectivity index (χ2n) is 7.17. The van der Waals surface area contributed by atoms with Gasteiger partial charge in [0, 0.05) is 50.4 Å². The summed E-state index contributed by atoms with van der Waals surface area (Å²) in [7, 11) is 0. The fourth-order valence-electron chi connectivity index (χ4n) is 3.14. The summed E-state index contributed by atoms with van der Waals surface area (Å²) in [6.45, 7) is 7.17. The van der Waals surface area contributed by atoms with Crippen LogP contribution in [0.25, 0.3) is 5.70 Å². The summed E-state index contributed by atoms with van der Waals surface area (Å²) in [5, 5.41) is 7.58. The number of nitrogen functional groups attached to an aromatic ring is 1. The highest BCUT2D eigenvalue weighted by Gasteiger charge is 2.14. The average Bonchev–Trinajstić information content (AvgIpc) is 2.77. The molecule has 3 aromatic carbocycles. The van der Waals surface area contributed by atoms with Gasteiger partial charge in [0.15, 0.2) is 0 Å². The van der Waals surface area contributed by atoms with Gasteiger partial charge in [0.25, 0.3) is 0 Å². The smallest absolute Gasteiger partial charge is 0.135 e. The molecule has 0 radical (unpaired) electrons. The van der Waals surface area contributed by atoms with Crippen LogP contribution < -0.4 is 16.4 Å². The Morgan fingerprint density at radius 1 is 1.03 bits per heavy atom. The quantitative estimate of drug-likeness (QED) is 0.194. The number of hydrogen-bond donors (Lipinski definition) is 3. The van der Waals surface area contributed by atoms with E-state index in [-0.39, 0.29) is 12.4 Å². The number of nitrogens with zero attached hydrogens (tertiary/aromatic N) is 1. The number of para-hydroxylation sites is 1. The van der Waals surface area contributed by atoms with Crippen molar-refractivity contribution in [3.63, 3.8) is 0 Å². The highest BCUT2D eigenvalue weighted by Crippen LogP contribution is 2.26. The van der Waals surface area contributed by atoms with E-state index in [0.29, 0.717) is 44.0 Å². The lowest BCUT2D eigenvalue weighted by molar-refractivity contribution is 0.627. The van der Waals surface area contributed by atoms with E-state index in [2.05, 4.69) is 24.1 Å². The summed E-state index contributed by atoms with van der Waals surface area (Å²) in [4.78, 5) is 4.71. The van der Waals surface area contributed by atoms with Crippen LogP contribution in [0.5, 0.6) is 0 Å². The number of nitrogens with one attached hydrogen (secondary N) is 2. The Morgan fingerprint density at radius 3 is 2.44 bits per heavy atom. The number of halogens is 3. The molecular formula is C25H25Cl2FN4. The van der Waals surface area contributed by atoms with Crippen LogP contribution in [0.15, 0.2) is 72.2 Å². The third kappa shape index (κ3) is 5.81. The van der Waals surface area contributed by atoms with Crippen molar-refractivity contribution in [3.05, 3.63) is 99.8 Å². The van der Waals surface area contributed by atoms with Crippen molar-refractivity contribution in [1.82, 2.24) is 5.32 Å². The maximum absolute atomic E-state index is 14.0. The highest BCUT2D eigenvalue weighted by molar-refractivity contribution is 6.36. The Morgan fingerprint density at radius 2 is 1.75 bits per heavy atom. The molecule has 0 aromatic heterocycles. The van der Waals surface area contributed by atoms with Crippen LogP contribution >= 0.6 is 23.2 Å². The van der Waals surface area contributed by atoms with Crippen LogP contribution in [0.2, 0.25) is 10.0 Å². The molecule has 3 rings (SSSR count). The van der Waals surface area contributed by atoms with Crippen LogP contribution in [0.3, 0.4) is 0 Å². The molecule has 0 aliphatic heterocycles. The maximum Gasteiger partial charge on any atom is 0.135 e. The molecule has 0 spiro atoms. The molecule has 4 nitrogen and oxygen atoms in total. The first-order chi connectivity index (χ1) is 15.4. The Bertz CT molecular complexity index is 1120. The van der Waals surface area contributed by atoms with E-state index in [9.17, 15) is 4.39 Å². The van der Waals surface area contributed by atoms with Crippen molar-refractivity contribution in [2.45, 2.75) is 19.9 Å². The average molecular weight is 471 g/mol. The van der Waals surface area contributed by atoms with Gasteiger partial charge in [0.05, 0.1) is 6.54 Å². The topological polar surface area (TPSA) is 62.4 Å². The molecule has 0 unspecified atom stereocenters. The first-order valence-electron chi connectivity index (χ1n) is 10.2. The lowest BCUT2D eigenvalue weighted by Crippen LogP contribution is -2.24.